The summed E-state index contributed by atoms with van der Waals surface area (Å²) in [4.78, 5) is 57.3. The van der Waals surface area contributed by atoms with Gasteiger partial charge in [-0.3, -0.25) is 14.5 Å². The van der Waals surface area contributed by atoms with Gasteiger partial charge in [0.2, 0.25) is 5.91 Å². The lowest BCUT2D eigenvalue weighted by molar-refractivity contribution is -0.125. The van der Waals surface area contributed by atoms with E-state index in [1.165, 1.54) is 23.1 Å². The predicted octanol–water partition coefficient (Wildman–Crippen LogP) is 4.92. The fraction of sp³-hybridized carbons (Fsp3) is 0.258. The quantitative estimate of drug-likeness (QED) is 0.294. The van der Waals surface area contributed by atoms with E-state index in [0.29, 0.717) is 16.8 Å². The first kappa shape index (κ1) is 30.0. The second kappa shape index (κ2) is 12.1. The molecule has 0 saturated carbocycles. The third kappa shape index (κ3) is 5.67. The normalized spacial score (nSPS) is 20.0. The molecular weight excluding hydrogens is 593 g/mol. The monoisotopic (exact) mass is 619 g/mol. The Kier molecular flexibility index (Phi) is 8.42. The zero-order valence-electron chi connectivity index (χ0n) is 23.3. The number of nitrogens with zero attached hydrogens (tertiary/aromatic N) is 4. The molecule has 2 aliphatic heterocycles. The van der Waals surface area contributed by atoms with Gasteiger partial charge < -0.3 is 15.0 Å². The number of esters is 1. The number of hydrogen-bond donors (Lipinski definition) is 1. The number of imide groups is 1. The second-order valence-corrected chi connectivity index (χ2v) is 11.2. The lowest BCUT2D eigenvalue weighted by Crippen LogP contribution is -2.53. The Labute approximate surface area is 258 Å². The van der Waals surface area contributed by atoms with Crippen molar-refractivity contribution in [2.75, 3.05) is 43.5 Å². The van der Waals surface area contributed by atoms with Gasteiger partial charge in [0.25, 0.3) is 5.91 Å². The van der Waals surface area contributed by atoms with Crippen LogP contribution in [0.3, 0.4) is 0 Å². The van der Waals surface area contributed by atoms with Crippen LogP contribution < -0.4 is 10.2 Å². The summed E-state index contributed by atoms with van der Waals surface area (Å²) in [6.07, 6.45) is 0. The Morgan fingerprint density at radius 1 is 1.05 bits per heavy atom. The number of halogens is 2. The van der Waals surface area contributed by atoms with Crippen molar-refractivity contribution in [3.8, 4) is 6.07 Å². The molecule has 0 radical (unpaired) electrons. The lowest BCUT2D eigenvalue weighted by atomic mass is 9.80. The van der Waals surface area contributed by atoms with Crippen LogP contribution in [-0.2, 0) is 14.3 Å². The highest BCUT2D eigenvalue weighted by Gasteiger charge is 2.64. The average Bonchev–Trinajstić information content (AvgIpc) is 3.44. The molecule has 3 aromatic rings. The van der Waals surface area contributed by atoms with E-state index in [1.54, 1.807) is 62.5 Å². The van der Waals surface area contributed by atoms with Crippen molar-refractivity contribution in [1.29, 1.82) is 5.26 Å². The third-order valence-corrected chi connectivity index (χ3v) is 8.16. The summed E-state index contributed by atoms with van der Waals surface area (Å²) >= 11 is 12.4. The minimum absolute atomic E-state index is 0.0630. The number of anilines is 2. The Morgan fingerprint density at radius 2 is 1.70 bits per heavy atom. The van der Waals surface area contributed by atoms with Gasteiger partial charge in [-0.1, -0.05) is 35.3 Å². The number of rotatable bonds is 7. The molecule has 12 heteroatoms. The second-order valence-electron chi connectivity index (χ2n) is 10.3. The van der Waals surface area contributed by atoms with Crippen LogP contribution in [0.2, 0.25) is 10.0 Å². The van der Waals surface area contributed by atoms with Crippen molar-refractivity contribution in [3.05, 3.63) is 93.5 Å². The number of carbonyl (C=O) groups is 4. The summed E-state index contributed by atoms with van der Waals surface area (Å²) in [7, 11) is 1.57. The van der Waals surface area contributed by atoms with Gasteiger partial charge in [-0.05, 0) is 67.1 Å². The largest absolute Gasteiger partial charge is 0.462 e. The Morgan fingerprint density at radius 3 is 2.30 bits per heavy atom. The summed E-state index contributed by atoms with van der Waals surface area (Å²) in [5.41, 5.74) is 0.959. The number of nitriles is 1. The Balaban J connectivity index is 1.43. The van der Waals surface area contributed by atoms with Crippen LogP contribution >= 0.6 is 23.2 Å². The van der Waals surface area contributed by atoms with Crippen molar-refractivity contribution in [1.82, 2.24) is 9.80 Å². The molecule has 3 aromatic carbocycles. The highest BCUT2D eigenvalue weighted by Crippen LogP contribution is 2.46. The number of benzene rings is 3. The molecule has 2 aliphatic rings. The van der Waals surface area contributed by atoms with E-state index in [1.807, 2.05) is 4.90 Å². The van der Waals surface area contributed by atoms with Crippen molar-refractivity contribution in [2.45, 2.75) is 18.4 Å². The highest BCUT2D eigenvalue weighted by molar-refractivity contribution is 6.35. The topological polar surface area (TPSA) is 123 Å². The average molecular weight is 620 g/mol. The lowest BCUT2D eigenvalue weighted by Gasteiger charge is -2.34. The van der Waals surface area contributed by atoms with Gasteiger partial charge >= 0.3 is 12.0 Å². The van der Waals surface area contributed by atoms with Gasteiger partial charge in [0.05, 0.1) is 36.0 Å². The van der Waals surface area contributed by atoms with Crippen molar-refractivity contribution in [2.24, 2.45) is 0 Å². The van der Waals surface area contributed by atoms with Crippen LogP contribution in [0.25, 0.3) is 0 Å². The summed E-state index contributed by atoms with van der Waals surface area (Å²) < 4.78 is 4.99. The zero-order valence-corrected chi connectivity index (χ0v) is 24.9. The molecule has 2 fully saturated rings. The van der Waals surface area contributed by atoms with E-state index >= 15 is 0 Å². The minimum atomic E-state index is -1.35. The van der Waals surface area contributed by atoms with Crippen LogP contribution in [-0.4, -0.2) is 72.4 Å². The molecule has 1 spiro atoms. The van der Waals surface area contributed by atoms with Crippen LogP contribution in [0.4, 0.5) is 16.2 Å². The van der Waals surface area contributed by atoms with Gasteiger partial charge in [0.1, 0.15) is 5.54 Å². The van der Waals surface area contributed by atoms with Crippen molar-refractivity contribution in [3.63, 3.8) is 0 Å². The molecule has 0 bridgehead atoms. The molecular formula is C31H27Cl2N5O5. The first-order valence-electron chi connectivity index (χ1n) is 13.4. The Bertz CT molecular complexity index is 1620. The fourth-order valence-corrected chi connectivity index (χ4v) is 6.24. The van der Waals surface area contributed by atoms with Crippen LogP contribution in [0.15, 0.2) is 66.7 Å². The van der Waals surface area contributed by atoms with E-state index in [2.05, 4.69) is 11.4 Å². The van der Waals surface area contributed by atoms with Gasteiger partial charge in [0, 0.05) is 41.8 Å². The molecule has 2 atom stereocenters. The molecule has 5 rings (SSSR count). The van der Waals surface area contributed by atoms with Crippen LogP contribution in [0.1, 0.15) is 34.3 Å². The van der Waals surface area contributed by atoms with Gasteiger partial charge in [-0.2, -0.15) is 5.26 Å². The third-order valence-electron chi connectivity index (χ3n) is 7.73. The molecule has 0 aliphatic carbocycles. The van der Waals surface area contributed by atoms with Crippen LogP contribution in [0.5, 0.6) is 0 Å². The number of carbonyl (C=O) groups excluding carboxylic acids is 4. The number of urea groups is 1. The molecule has 10 nitrogen and oxygen atoms in total. The summed E-state index contributed by atoms with van der Waals surface area (Å²) in [6.45, 7) is 2.28. The maximum Gasteiger partial charge on any atom is 0.338 e. The van der Waals surface area contributed by atoms with E-state index in [9.17, 15) is 24.4 Å². The van der Waals surface area contributed by atoms with E-state index < -0.39 is 29.4 Å². The molecule has 1 N–H and O–H groups in total. The molecule has 220 valence electrons. The van der Waals surface area contributed by atoms with Gasteiger partial charge in [-0.25, -0.2) is 14.5 Å². The summed E-state index contributed by atoms with van der Waals surface area (Å²) in [6, 6.07) is 19.3. The highest BCUT2D eigenvalue weighted by atomic mass is 35.5. The maximum absolute atomic E-state index is 14.3. The number of likely N-dealkylation sites (tertiary alicyclic amines) is 1. The molecule has 43 heavy (non-hydrogen) atoms. The first-order valence-corrected chi connectivity index (χ1v) is 14.2. The standard InChI is InChI=1S/C31H27Cl2N5O5/c1-3-43-28(40)21-8-10-24(11-9-21)35-27(39)17-37-16-26(20-6-4-19(15-34)5-7-20)31(18-37)29(41)38(30(42)36(31)2)25-13-22(32)12-23(33)14-25/h4-14,26H,3,16-18H2,1-2H3,(H,35,39). The molecule has 0 aromatic heterocycles. The van der Waals surface area contributed by atoms with Gasteiger partial charge in [0.15, 0.2) is 0 Å². The number of likely N-dealkylation sites (N-methyl/N-ethyl adjacent to an activating group) is 1. The molecule has 2 heterocycles. The van der Waals surface area contributed by atoms with E-state index in [-0.39, 0.29) is 47.9 Å². The van der Waals surface area contributed by atoms with Gasteiger partial charge in [-0.15, -0.1) is 0 Å². The van der Waals surface area contributed by atoms with Crippen LogP contribution in [0, 0.1) is 11.3 Å². The predicted molar refractivity (Wildman–Crippen MR) is 161 cm³/mol. The number of hydrogen-bond acceptors (Lipinski definition) is 7. The van der Waals surface area contributed by atoms with E-state index in [0.717, 1.165) is 10.5 Å². The molecule has 2 unspecified atom stereocenters. The Hall–Kier alpha value is -4.43. The SMILES string of the molecule is CCOC(=O)c1ccc(NC(=O)CN2CC(c3ccc(C#N)cc3)C3(C2)C(=O)N(c2cc(Cl)cc(Cl)c2)C(=O)N3C)cc1. The molecule has 2 saturated heterocycles. The fourth-order valence-electron chi connectivity index (χ4n) is 5.72. The summed E-state index contributed by atoms with van der Waals surface area (Å²) in [5, 5.41) is 12.7. The number of amides is 4. The minimum Gasteiger partial charge on any atom is -0.462 e. The zero-order chi connectivity index (χ0) is 30.9. The molecule has 4 amide bonds. The van der Waals surface area contributed by atoms with Crippen molar-refractivity contribution < 1.29 is 23.9 Å². The first-order chi connectivity index (χ1) is 20.6. The summed E-state index contributed by atoms with van der Waals surface area (Å²) in [5.74, 6) is -1.77. The number of nitrogens with one attached hydrogen (secondary N) is 1. The van der Waals surface area contributed by atoms with Crippen molar-refractivity contribution >= 4 is 58.4 Å². The smallest absolute Gasteiger partial charge is 0.338 e. The number of ether oxygens (including phenoxy) is 1. The van der Waals surface area contributed by atoms with E-state index in [4.69, 9.17) is 27.9 Å². The maximum atomic E-state index is 14.3.